The molecule has 0 spiro atoms. The van der Waals surface area contributed by atoms with Crippen molar-refractivity contribution in [3.05, 3.63) is 22.7 Å². The molecule has 78 valence electrons. The average Bonchev–Trinajstić information content (AvgIpc) is 2.14. The van der Waals surface area contributed by atoms with Crippen molar-refractivity contribution in [1.82, 2.24) is 0 Å². The molecule has 0 amide bonds. The van der Waals surface area contributed by atoms with E-state index in [1.165, 1.54) is 0 Å². The van der Waals surface area contributed by atoms with Crippen LogP contribution in [0, 0.1) is 0 Å². The van der Waals surface area contributed by atoms with Gasteiger partial charge < -0.3 is 10.6 Å². The van der Waals surface area contributed by atoms with Crippen molar-refractivity contribution in [3.63, 3.8) is 0 Å². The van der Waals surface area contributed by atoms with Crippen molar-refractivity contribution >= 4 is 27.3 Å². The topological polar surface area (TPSA) is 29.3 Å². The summed E-state index contributed by atoms with van der Waals surface area (Å²) in [6.45, 7) is 0.392. The number of anilines is 2. The van der Waals surface area contributed by atoms with Crippen molar-refractivity contribution in [2.75, 3.05) is 30.9 Å². The van der Waals surface area contributed by atoms with Crippen LogP contribution in [0.5, 0.6) is 0 Å². The van der Waals surface area contributed by atoms with Crippen LogP contribution >= 0.6 is 15.9 Å². The van der Waals surface area contributed by atoms with Crippen LogP contribution in [0.1, 0.15) is 6.42 Å². The van der Waals surface area contributed by atoms with Crippen LogP contribution in [0.3, 0.4) is 0 Å². The largest absolute Gasteiger partial charge is 0.397 e. The molecule has 14 heavy (non-hydrogen) atoms. The number of alkyl halides is 1. The van der Waals surface area contributed by atoms with Gasteiger partial charge in [-0.25, -0.2) is 0 Å². The Balaban J connectivity index is 2.74. The van der Waals surface area contributed by atoms with E-state index in [0.717, 1.165) is 10.2 Å². The van der Waals surface area contributed by atoms with Gasteiger partial charge in [-0.2, -0.15) is 0 Å². The van der Waals surface area contributed by atoms with Crippen molar-refractivity contribution in [1.29, 1.82) is 0 Å². The van der Waals surface area contributed by atoms with Crippen molar-refractivity contribution in [2.24, 2.45) is 0 Å². The van der Waals surface area contributed by atoms with E-state index in [1.54, 1.807) is 0 Å². The first-order valence-electron chi connectivity index (χ1n) is 4.47. The fourth-order valence-electron chi connectivity index (χ4n) is 1.29. The van der Waals surface area contributed by atoms with Crippen LogP contribution in [0.4, 0.5) is 15.8 Å². The van der Waals surface area contributed by atoms with Gasteiger partial charge in [-0.05, 0) is 24.6 Å². The Morgan fingerprint density at radius 3 is 2.79 bits per heavy atom. The van der Waals surface area contributed by atoms with Gasteiger partial charge in [0.05, 0.1) is 18.0 Å². The first-order chi connectivity index (χ1) is 6.65. The smallest absolute Gasteiger partial charge is 0.0911 e. The molecule has 1 rings (SSSR count). The van der Waals surface area contributed by atoms with E-state index in [4.69, 9.17) is 5.73 Å². The van der Waals surface area contributed by atoms with Crippen LogP contribution in [0.15, 0.2) is 22.7 Å². The molecule has 1 aromatic rings. The van der Waals surface area contributed by atoms with Gasteiger partial charge in [0.1, 0.15) is 0 Å². The quantitative estimate of drug-likeness (QED) is 0.844. The zero-order valence-electron chi connectivity index (χ0n) is 8.13. The lowest BCUT2D eigenvalue weighted by Gasteiger charge is -2.20. The summed E-state index contributed by atoms with van der Waals surface area (Å²) in [6.07, 6.45) is 0.534. The number of nitrogens with two attached hydrogens (primary N) is 1. The fraction of sp³-hybridized carbons (Fsp3) is 0.400. The van der Waals surface area contributed by atoms with Crippen molar-refractivity contribution < 1.29 is 4.39 Å². The van der Waals surface area contributed by atoms with Crippen LogP contribution < -0.4 is 10.6 Å². The maximum atomic E-state index is 12.0. The van der Waals surface area contributed by atoms with E-state index >= 15 is 0 Å². The van der Waals surface area contributed by atoms with Gasteiger partial charge in [-0.3, -0.25) is 4.39 Å². The molecule has 2 nitrogen and oxygen atoms in total. The lowest BCUT2D eigenvalue weighted by atomic mass is 10.2. The monoisotopic (exact) mass is 260 g/mol. The maximum Gasteiger partial charge on any atom is 0.0911 e. The van der Waals surface area contributed by atoms with Crippen molar-refractivity contribution in [2.45, 2.75) is 6.42 Å². The highest BCUT2D eigenvalue weighted by Gasteiger charge is 2.04. The highest BCUT2D eigenvalue weighted by molar-refractivity contribution is 9.10. The normalized spacial score (nSPS) is 10.2. The van der Waals surface area contributed by atoms with Gasteiger partial charge in [-0.15, -0.1) is 0 Å². The molecular formula is C10H14BrFN2. The summed E-state index contributed by atoms with van der Waals surface area (Å²) in [7, 11) is 1.91. The molecular weight excluding hydrogens is 247 g/mol. The molecule has 0 fully saturated rings. The lowest BCUT2D eigenvalue weighted by Crippen LogP contribution is -2.20. The maximum absolute atomic E-state index is 12.0. The Morgan fingerprint density at radius 2 is 2.21 bits per heavy atom. The standard InChI is InChI=1S/C10H14BrFN2/c1-14(6-2-5-12)10-4-3-8(11)7-9(10)13/h3-4,7H,2,5-6,13H2,1H3. The zero-order valence-corrected chi connectivity index (χ0v) is 9.72. The fourth-order valence-corrected chi connectivity index (χ4v) is 1.67. The summed E-state index contributed by atoms with van der Waals surface area (Å²) in [5.41, 5.74) is 7.48. The minimum atomic E-state index is -0.291. The van der Waals surface area contributed by atoms with Gasteiger partial charge in [0.2, 0.25) is 0 Å². The average molecular weight is 261 g/mol. The van der Waals surface area contributed by atoms with Gasteiger partial charge in [0.25, 0.3) is 0 Å². The molecule has 4 heteroatoms. The Hall–Kier alpha value is -0.770. The van der Waals surface area contributed by atoms with Gasteiger partial charge in [0, 0.05) is 18.1 Å². The van der Waals surface area contributed by atoms with Crippen LogP contribution in [-0.4, -0.2) is 20.3 Å². The number of nitrogen functional groups attached to an aromatic ring is 1. The number of nitrogens with zero attached hydrogens (tertiary/aromatic N) is 1. The number of rotatable bonds is 4. The molecule has 1 aromatic carbocycles. The second-order valence-electron chi connectivity index (χ2n) is 3.17. The first-order valence-corrected chi connectivity index (χ1v) is 5.26. The SMILES string of the molecule is CN(CCCF)c1ccc(Br)cc1N. The minimum Gasteiger partial charge on any atom is -0.397 e. The number of benzene rings is 1. The molecule has 0 aliphatic heterocycles. The molecule has 0 aliphatic carbocycles. The lowest BCUT2D eigenvalue weighted by molar-refractivity contribution is 0.474. The van der Waals surface area contributed by atoms with E-state index in [2.05, 4.69) is 15.9 Å². The number of hydrogen-bond donors (Lipinski definition) is 1. The predicted octanol–water partition coefficient (Wildman–Crippen LogP) is 2.83. The van der Waals surface area contributed by atoms with Gasteiger partial charge >= 0.3 is 0 Å². The summed E-state index contributed by atoms with van der Waals surface area (Å²) >= 11 is 3.34. The number of hydrogen-bond acceptors (Lipinski definition) is 2. The Kier molecular flexibility index (Phi) is 4.20. The first kappa shape index (κ1) is 11.3. The Labute approximate surface area is 92.0 Å². The van der Waals surface area contributed by atoms with Gasteiger partial charge in [-0.1, -0.05) is 15.9 Å². The van der Waals surface area contributed by atoms with Gasteiger partial charge in [0.15, 0.2) is 0 Å². The van der Waals surface area contributed by atoms with Crippen LogP contribution in [0.25, 0.3) is 0 Å². The summed E-state index contributed by atoms with van der Waals surface area (Å²) in [4.78, 5) is 1.96. The molecule has 0 unspecified atom stereocenters. The van der Waals surface area contributed by atoms with Crippen LogP contribution in [0.2, 0.25) is 0 Å². The third kappa shape index (κ3) is 2.87. The predicted molar refractivity (Wildman–Crippen MR) is 62.4 cm³/mol. The molecule has 0 heterocycles. The summed E-state index contributed by atoms with van der Waals surface area (Å²) in [5.74, 6) is 0. The highest BCUT2D eigenvalue weighted by atomic mass is 79.9. The highest BCUT2D eigenvalue weighted by Crippen LogP contribution is 2.25. The second kappa shape index (κ2) is 5.20. The molecule has 0 atom stereocenters. The van der Waals surface area contributed by atoms with Crippen LogP contribution in [-0.2, 0) is 0 Å². The molecule has 0 saturated carbocycles. The molecule has 0 bridgehead atoms. The van der Waals surface area contributed by atoms with E-state index in [9.17, 15) is 4.39 Å². The summed E-state index contributed by atoms with van der Waals surface area (Å²) in [6, 6.07) is 5.70. The Morgan fingerprint density at radius 1 is 1.50 bits per heavy atom. The van der Waals surface area contributed by atoms with Crippen molar-refractivity contribution in [3.8, 4) is 0 Å². The molecule has 2 N–H and O–H groups in total. The second-order valence-corrected chi connectivity index (χ2v) is 4.08. The Bertz CT molecular complexity index is 304. The zero-order chi connectivity index (χ0) is 10.6. The number of halogens is 2. The van der Waals surface area contributed by atoms with E-state index in [1.807, 2.05) is 30.1 Å². The summed E-state index contributed by atoms with van der Waals surface area (Å²) < 4.78 is 12.9. The van der Waals surface area contributed by atoms with E-state index in [0.29, 0.717) is 18.7 Å². The van der Waals surface area contributed by atoms with E-state index in [-0.39, 0.29) is 6.67 Å². The molecule has 0 aliphatic rings. The third-order valence-corrected chi connectivity index (χ3v) is 2.52. The minimum absolute atomic E-state index is 0.291. The van der Waals surface area contributed by atoms with E-state index < -0.39 is 0 Å². The molecule has 0 saturated heterocycles. The molecule has 0 radical (unpaired) electrons. The third-order valence-electron chi connectivity index (χ3n) is 2.03. The summed E-state index contributed by atoms with van der Waals surface area (Å²) in [5, 5.41) is 0. The molecule has 0 aromatic heterocycles.